The number of rotatable bonds is 5. The molecule has 14 heavy (non-hydrogen) atoms. The van der Waals surface area contributed by atoms with Crippen molar-refractivity contribution in [1.29, 1.82) is 0 Å². The van der Waals surface area contributed by atoms with Gasteiger partial charge >= 0.3 is 0 Å². The standard InChI is InChI=1S/C10H17ClN2S/c1-8(11)4-5-13(3)6-10-12-9(2)7-14-10/h7-8H,4-6H2,1-3H3. The van der Waals surface area contributed by atoms with E-state index in [1.807, 2.05) is 13.8 Å². The summed E-state index contributed by atoms with van der Waals surface area (Å²) < 4.78 is 0. The average molecular weight is 233 g/mol. The number of hydrogen-bond donors (Lipinski definition) is 0. The molecular weight excluding hydrogens is 216 g/mol. The van der Waals surface area contributed by atoms with Crippen LogP contribution in [0.4, 0.5) is 0 Å². The summed E-state index contributed by atoms with van der Waals surface area (Å²) in [6.07, 6.45) is 1.03. The number of thiazole rings is 1. The molecule has 0 spiro atoms. The minimum atomic E-state index is 0.260. The lowest BCUT2D eigenvalue weighted by molar-refractivity contribution is 0.321. The third-order valence-electron chi connectivity index (χ3n) is 1.98. The highest BCUT2D eigenvalue weighted by molar-refractivity contribution is 7.09. The van der Waals surface area contributed by atoms with Gasteiger partial charge in [0.05, 0.1) is 6.54 Å². The van der Waals surface area contributed by atoms with Gasteiger partial charge in [0.2, 0.25) is 0 Å². The van der Waals surface area contributed by atoms with Crippen molar-refractivity contribution < 1.29 is 0 Å². The van der Waals surface area contributed by atoms with E-state index in [0.717, 1.165) is 25.2 Å². The van der Waals surface area contributed by atoms with Crippen molar-refractivity contribution in [3.63, 3.8) is 0 Å². The lowest BCUT2D eigenvalue weighted by atomic mass is 10.3. The molecule has 2 nitrogen and oxygen atoms in total. The molecule has 4 heteroatoms. The second-order valence-electron chi connectivity index (χ2n) is 3.69. The van der Waals surface area contributed by atoms with Gasteiger partial charge in [-0.3, -0.25) is 4.90 Å². The molecule has 0 aromatic carbocycles. The van der Waals surface area contributed by atoms with Crippen LogP contribution in [0.3, 0.4) is 0 Å². The van der Waals surface area contributed by atoms with E-state index in [1.54, 1.807) is 11.3 Å². The lowest BCUT2D eigenvalue weighted by Gasteiger charge is -2.15. The number of aryl methyl sites for hydroxylation is 1. The second-order valence-corrected chi connectivity index (χ2v) is 5.38. The van der Waals surface area contributed by atoms with Gasteiger partial charge < -0.3 is 0 Å². The SMILES string of the molecule is Cc1csc(CN(C)CCC(C)Cl)n1. The molecule has 0 N–H and O–H groups in total. The number of alkyl halides is 1. The average Bonchev–Trinajstić information content (AvgIpc) is 2.48. The van der Waals surface area contributed by atoms with Crippen LogP contribution < -0.4 is 0 Å². The van der Waals surface area contributed by atoms with Crippen molar-refractivity contribution >= 4 is 22.9 Å². The van der Waals surface area contributed by atoms with Gasteiger partial charge in [0, 0.05) is 16.5 Å². The predicted octanol–water partition coefficient (Wildman–Crippen LogP) is 2.90. The summed E-state index contributed by atoms with van der Waals surface area (Å²) in [5.41, 5.74) is 1.11. The van der Waals surface area contributed by atoms with Crippen LogP contribution in [0.25, 0.3) is 0 Å². The minimum absolute atomic E-state index is 0.260. The molecule has 80 valence electrons. The Balaban J connectivity index is 2.30. The molecule has 0 fully saturated rings. The largest absolute Gasteiger partial charge is 0.300 e. The summed E-state index contributed by atoms with van der Waals surface area (Å²) in [7, 11) is 2.11. The Kier molecular flexibility index (Phi) is 4.85. The molecule has 1 atom stereocenters. The zero-order valence-corrected chi connectivity index (χ0v) is 10.5. The Labute approximate surface area is 94.9 Å². The maximum atomic E-state index is 5.89. The number of aromatic nitrogens is 1. The lowest BCUT2D eigenvalue weighted by Crippen LogP contribution is -2.20. The van der Waals surface area contributed by atoms with Crippen LogP contribution in [-0.2, 0) is 6.54 Å². The van der Waals surface area contributed by atoms with Crippen molar-refractivity contribution in [1.82, 2.24) is 9.88 Å². The fourth-order valence-corrected chi connectivity index (χ4v) is 2.13. The van der Waals surface area contributed by atoms with Gasteiger partial charge in [-0.15, -0.1) is 22.9 Å². The Morgan fingerprint density at radius 1 is 1.64 bits per heavy atom. The van der Waals surface area contributed by atoms with Crippen LogP contribution in [0.1, 0.15) is 24.0 Å². The fourth-order valence-electron chi connectivity index (χ4n) is 1.18. The van der Waals surface area contributed by atoms with Gasteiger partial charge in [0.1, 0.15) is 5.01 Å². The Hall–Kier alpha value is -0.120. The van der Waals surface area contributed by atoms with Crippen molar-refractivity contribution in [3.8, 4) is 0 Å². The first-order valence-electron chi connectivity index (χ1n) is 4.81. The zero-order chi connectivity index (χ0) is 10.6. The first-order chi connectivity index (χ1) is 6.58. The van der Waals surface area contributed by atoms with Gasteiger partial charge in [-0.05, 0) is 33.9 Å². The molecule has 1 aromatic heterocycles. The molecular formula is C10H17ClN2S. The molecule has 0 bridgehead atoms. The van der Waals surface area contributed by atoms with E-state index < -0.39 is 0 Å². The van der Waals surface area contributed by atoms with E-state index >= 15 is 0 Å². The molecule has 1 heterocycles. The van der Waals surface area contributed by atoms with Gasteiger partial charge in [-0.1, -0.05) is 0 Å². The minimum Gasteiger partial charge on any atom is -0.300 e. The summed E-state index contributed by atoms with van der Waals surface area (Å²) in [4.78, 5) is 6.68. The molecule has 0 amide bonds. The van der Waals surface area contributed by atoms with E-state index in [4.69, 9.17) is 11.6 Å². The molecule has 0 aliphatic heterocycles. The highest BCUT2D eigenvalue weighted by atomic mass is 35.5. The Morgan fingerprint density at radius 3 is 2.86 bits per heavy atom. The molecule has 0 saturated carbocycles. The quantitative estimate of drug-likeness (QED) is 0.726. The summed E-state index contributed by atoms with van der Waals surface area (Å²) in [5, 5.41) is 3.54. The van der Waals surface area contributed by atoms with Crippen LogP contribution in [0.2, 0.25) is 0 Å². The molecule has 0 aliphatic carbocycles. The third kappa shape index (κ3) is 4.40. The van der Waals surface area contributed by atoms with Crippen molar-refractivity contribution in [2.45, 2.75) is 32.2 Å². The van der Waals surface area contributed by atoms with Crippen LogP contribution >= 0.6 is 22.9 Å². The summed E-state index contributed by atoms with van der Waals surface area (Å²) in [6, 6.07) is 0. The van der Waals surface area contributed by atoms with Crippen LogP contribution in [-0.4, -0.2) is 28.9 Å². The molecule has 1 unspecified atom stereocenters. The topological polar surface area (TPSA) is 16.1 Å². The summed E-state index contributed by atoms with van der Waals surface area (Å²) >= 11 is 7.62. The third-order valence-corrected chi connectivity index (χ3v) is 3.15. The van der Waals surface area contributed by atoms with Crippen LogP contribution in [0.15, 0.2) is 5.38 Å². The van der Waals surface area contributed by atoms with Gasteiger partial charge in [-0.25, -0.2) is 4.98 Å². The first kappa shape index (κ1) is 12.0. The highest BCUT2D eigenvalue weighted by Crippen LogP contribution is 2.11. The van der Waals surface area contributed by atoms with E-state index in [1.165, 1.54) is 5.01 Å². The van der Waals surface area contributed by atoms with Crippen LogP contribution in [0, 0.1) is 6.92 Å². The number of hydrogen-bond acceptors (Lipinski definition) is 3. The fraction of sp³-hybridized carbons (Fsp3) is 0.700. The predicted molar refractivity (Wildman–Crippen MR) is 63.1 cm³/mol. The maximum Gasteiger partial charge on any atom is 0.107 e. The smallest absolute Gasteiger partial charge is 0.107 e. The van der Waals surface area contributed by atoms with E-state index in [2.05, 4.69) is 22.3 Å². The Morgan fingerprint density at radius 2 is 2.36 bits per heavy atom. The summed E-state index contributed by atoms with van der Waals surface area (Å²) in [5.74, 6) is 0. The van der Waals surface area contributed by atoms with Gasteiger partial charge in [0.25, 0.3) is 0 Å². The number of nitrogens with zero attached hydrogens (tertiary/aromatic N) is 2. The molecule has 0 aliphatic rings. The number of halogens is 1. The normalized spacial score (nSPS) is 13.5. The summed E-state index contributed by atoms with van der Waals surface area (Å²) in [6.45, 7) is 6.02. The van der Waals surface area contributed by atoms with E-state index in [0.29, 0.717) is 0 Å². The van der Waals surface area contributed by atoms with Crippen molar-refractivity contribution in [2.24, 2.45) is 0 Å². The van der Waals surface area contributed by atoms with E-state index in [-0.39, 0.29) is 5.38 Å². The molecule has 1 rings (SSSR count). The van der Waals surface area contributed by atoms with Crippen LogP contribution in [0.5, 0.6) is 0 Å². The second kappa shape index (κ2) is 5.69. The molecule has 1 aromatic rings. The van der Waals surface area contributed by atoms with Gasteiger partial charge in [0.15, 0.2) is 0 Å². The highest BCUT2D eigenvalue weighted by Gasteiger charge is 2.05. The Bertz CT molecular complexity index is 273. The van der Waals surface area contributed by atoms with Crippen molar-refractivity contribution in [2.75, 3.05) is 13.6 Å². The van der Waals surface area contributed by atoms with Crippen molar-refractivity contribution in [3.05, 3.63) is 16.1 Å². The van der Waals surface area contributed by atoms with E-state index in [9.17, 15) is 0 Å². The first-order valence-corrected chi connectivity index (χ1v) is 6.13. The maximum absolute atomic E-state index is 5.89. The zero-order valence-electron chi connectivity index (χ0n) is 8.96. The molecule has 0 saturated heterocycles. The molecule has 0 radical (unpaired) electrons. The monoisotopic (exact) mass is 232 g/mol. The van der Waals surface area contributed by atoms with Gasteiger partial charge in [-0.2, -0.15) is 0 Å².